The van der Waals surface area contributed by atoms with Gasteiger partial charge in [-0.3, -0.25) is 14.4 Å². The fourth-order valence-electron chi connectivity index (χ4n) is 3.78. The number of hydrogen-bond donors (Lipinski definition) is 2. The van der Waals surface area contributed by atoms with Crippen LogP contribution in [0.5, 0.6) is 11.5 Å². The number of carboxylic acids is 2. The van der Waals surface area contributed by atoms with Crippen molar-refractivity contribution in [3.8, 4) is 11.5 Å². The Morgan fingerprint density at radius 1 is 0.933 bits per heavy atom. The van der Waals surface area contributed by atoms with Crippen LogP contribution in [0.4, 0.5) is 0 Å². The van der Waals surface area contributed by atoms with Gasteiger partial charge in [-0.15, -0.1) is 0 Å². The molecule has 1 aliphatic rings. The number of nitrogens with zero attached hydrogens (tertiary/aromatic N) is 1. The van der Waals surface area contributed by atoms with Gasteiger partial charge in [-0.2, -0.15) is 0 Å². The summed E-state index contributed by atoms with van der Waals surface area (Å²) in [5.74, 6) is -4.26. The third-order valence-corrected chi connectivity index (χ3v) is 5.38. The maximum atomic E-state index is 13.0. The molecule has 0 aromatic heterocycles. The molecule has 1 amide bonds. The predicted octanol–water partition coefficient (Wildman–Crippen LogP) is 3.64. The van der Waals surface area contributed by atoms with Gasteiger partial charge in [-0.25, -0.2) is 0 Å². The van der Waals surface area contributed by atoms with Crippen LogP contribution in [-0.4, -0.2) is 39.5 Å². The second-order valence-electron chi connectivity index (χ2n) is 7.47. The van der Waals surface area contributed by atoms with Gasteiger partial charge in [0.2, 0.25) is 5.91 Å². The summed E-state index contributed by atoms with van der Waals surface area (Å²) in [6.45, 7) is 2.74. The highest BCUT2D eigenvalue weighted by Crippen LogP contribution is 2.42. The van der Waals surface area contributed by atoms with Crippen LogP contribution in [-0.2, 0) is 20.9 Å². The van der Waals surface area contributed by atoms with Gasteiger partial charge < -0.3 is 19.8 Å². The minimum Gasteiger partial charge on any atom is -0.481 e. The second kappa shape index (κ2) is 9.43. The summed E-state index contributed by atoms with van der Waals surface area (Å²) in [4.78, 5) is 37.3. The van der Waals surface area contributed by atoms with E-state index >= 15 is 0 Å². The fourth-order valence-corrected chi connectivity index (χ4v) is 3.78. The molecule has 0 spiro atoms. The van der Waals surface area contributed by atoms with Crippen LogP contribution in [0.25, 0.3) is 0 Å². The summed E-state index contributed by atoms with van der Waals surface area (Å²) in [7, 11) is 0. The third kappa shape index (κ3) is 4.79. The van der Waals surface area contributed by atoms with E-state index in [4.69, 9.17) is 9.84 Å². The Balaban J connectivity index is 1.67. The van der Waals surface area contributed by atoms with Crippen LogP contribution < -0.4 is 4.74 Å². The fraction of sp³-hybridized carbons (Fsp3) is 0.348. The van der Waals surface area contributed by atoms with Gasteiger partial charge in [-0.05, 0) is 42.7 Å². The van der Waals surface area contributed by atoms with E-state index in [2.05, 4.69) is 0 Å². The van der Waals surface area contributed by atoms with Crippen molar-refractivity contribution in [1.82, 2.24) is 4.90 Å². The van der Waals surface area contributed by atoms with Crippen molar-refractivity contribution < 1.29 is 29.3 Å². The summed E-state index contributed by atoms with van der Waals surface area (Å²) < 4.78 is 5.77. The number of aliphatic carboxylic acids is 2. The number of amides is 1. The first kappa shape index (κ1) is 21.4. The van der Waals surface area contributed by atoms with Gasteiger partial charge in [0.05, 0.1) is 17.8 Å². The number of ether oxygens (including phenoxy) is 1. The van der Waals surface area contributed by atoms with E-state index in [0.717, 1.165) is 11.3 Å². The van der Waals surface area contributed by atoms with E-state index in [1.54, 1.807) is 4.90 Å². The molecule has 1 saturated carbocycles. The van der Waals surface area contributed by atoms with Gasteiger partial charge in [-0.1, -0.05) is 37.3 Å². The zero-order valence-corrected chi connectivity index (χ0v) is 16.7. The predicted molar refractivity (Wildman–Crippen MR) is 109 cm³/mol. The quantitative estimate of drug-likeness (QED) is 0.653. The summed E-state index contributed by atoms with van der Waals surface area (Å²) in [6, 6.07) is 16.8. The van der Waals surface area contributed by atoms with Crippen LogP contribution in [0.1, 0.15) is 25.3 Å². The Morgan fingerprint density at radius 3 is 2.13 bits per heavy atom. The van der Waals surface area contributed by atoms with Crippen molar-refractivity contribution in [2.75, 3.05) is 6.54 Å². The molecule has 2 N–H and O–H groups in total. The number of carbonyl (C=O) groups excluding carboxylic acids is 1. The van der Waals surface area contributed by atoms with Crippen LogP contribution in [0.2, 0.25) is 0 Å². The highest BCUT2D eigenvalue weighted by Gasteiger charge is 2.54. The Kier molecular flexibility index (Phi) is 6.72. The summed E-state index contributed by atoms with van der Waals surface area (Å²) in [5.41, 5.74) is 0.887. The van der Waals surface area contributed by atoms with Crippen molar-refractivity contribution >= 4 is 17.8 Å². The third-order valence-electron chi connectivity index (χ3n) is 5.38. The molecular formula is C23H25NO6. The van der Waals surface area contributed by atoms with E-state index in [9.17, 15) is 19.5 Å². The average Bonchev–Trinajstić information content (AvgIpc) is 2.68. The number of hydrogen-bond acceptors (Lipinski definition) is 4. The van der Waals surface area contributed by atoms with Gasteiger partial charge >= 0.3 is 11.9 Å². The van der Waals surface area contributed by atoms with Crippen LogP contribution in [0, 0.1) is 17.8 Å². The largest absolute Gasteiger partial charge is 0.481 e. The van der Waals surface area contributed by atoms with E-state index < -0.39 is 29.7 Å². The molecule has 7 heteroatoms. The van der Waals surface area contributed by atoms with Gasteiger partial charge in [0, 0.05) is 13.1 Å². The van der Waals surface area contributed by atoms with Crippen molar-refractivity contribution in [1.29, 1.82) is 0 Å². The van der Waals surface area contributed by atoms with Crippen LogP contribution >= 0.6 is 0 Å². The lowest BCUT2D eigenvalue weighted by Gasteiger charge is -2.40. The maximum Gasteiger partial charge on any atom is 0.308 e. The van der Waals surface area contributed by atoms with E-state index in [1.165, 1.54) is 0 Å². The SMILES string of the molecule is CCCN(Cc1ccc(Oc2ccccc2)cc1)C(=O)C1CC(C(=O)O)[C@H]1C(=O)O. The second-order valence-corrected chi connectivity index (χ2v) is 7.47. The molecule has 1 aliphatic carbocycles. The zero-order valence-electron chi connectivity index (χ0n) is 16.7. The summed E-state index contributed by atoms with van der Waals surface area (Å²) >= 11 is 0. The Bertz CT molecular complexity index is 896. The first-order valence-corrected chi connectivity index (χ1v) is 9.97. The molecule has 2 aromatic rings. The topological polar surface area (TPSA) is 104 Å². The molecule has 0 saturated heterocycles. The van der Waals surface area contributed by atoms with Gasteiger partial charge in [0.25, 0.3) is 0 Å². The molecule has 2 unspecified atom stereocenters. The maximum absolute atomic E-state index is 13.0. The molecule has 0 radical (unpaired) electrons. The minimum atomic E-state index is -1.23. The van der Waals surface area contributed by atoms with Crippen molar-refractivity contribution in [3.05, 3.63) is 60.2 Å². The lowest BCUT2D eigenvalue weighted by molar-refractivity contribution is -0.172. The molecule has 1 fully saturated rings. The van der Waals surface area contributed by atoms with Crippen LogP contribution in [0.15, 0.2) is 54.6 Å². The van der Waals surface area contributed by atoms with E-state index in [-0.39, 0.29) is 12.3 Å². The number of carbonyl (C=O) groups is 3. The molecular weight excluding hydrogens is 386 g/mol. The van der Waals surface area contributed by atoms with Crippen molar-refractivity contribution in [3.63, 3.8) is 0 Å². The first-order valence-electron chi connectivity index (χ1n) is 9.97. The molecule has 158 valence electrons. The molecule has 3 rings (SSSR count). The highest BCUT2D eigenvalue weighted by molar-refractivity contribution is 5.91. The molecule has 30 heavy (non-hydrogen) atoms. The molecule has 3 atom stereocenters. The number of carboxylic acid groups (broad SMARTS) is 2. The summed E-state index contributed by atoms with van der Waals surface area (Å²) in [5, 5.41) is 18.5. The molecule has 7 nitrogen and oxygen atoms in total. The monoisotopic (exact) mass is 411 g/mol. The standard InChI is InChI=1S/C23H25NO6/c1-2-12-24(21(25)18-13-19(22(26)27)20(18)23(28)29)14-15-8-10-17(11-9-15)30-16-6-4-3-5-7-16/h3-11,18-20H,2,12-14H2,1H3,(H,26,27)(H,28,29)/t18?,19?,20-/m0/s1. The molecule has 0 heterocycles. The van der Waals surface area contributed by atoms with Crippen LogP contribution in [0.3, 0.4) is 0 Å². The molecule has 0 aliphatic heterocycles. The Morgan fingerprint density at radius 2 is 1.57 bits per heavy atom. The number of rotatable bonds is 9. The Labute approximate surface area is 174 Å². The lowest BCUT2D eigenvalue weighted by Crippen LogP contribution is -2.53. The number of para-hydroxylation sites is 1. The van der Waals surface area contributed by atoms with E-state index in [1.807, 2.05) is 61.5 Å². The van der Waals surface area contributed by atoms with E-state index in [0.29, 0.717) is 25.3 Å². The molecule has 2 aromatic carbocycles. The minimum absolute atomic E-state index is 0.0647. The molecule has 0 bridgehead atoms. The number of benzene rings is 2. The van der Waals surface area contributed by atoms with Gasteiger partial charge in [0.15, 0.2) is 0 Å². The lowest BCUT2D eigenvalue weighted by atomic mass is 9.64. The van der Waals surface area contributed by atoms with Gasteiger partial charge in [0.1, 0.15) is 11.5 Å². The van der Waals surface area contributed by atoms with Crippen molar-refractivity contribution in [2.24, 2.45) is 17.8 Å². The van der Waals surface area contributed by atoms with Crippen molar-refractivity contribution in [2.45, 2.75) is 26.3 Å². The first-order chi connectivity index (χ1) is 14.4. The normalized spacial score (nSPS) is 20.1. The highest BCUT2D eigenvalue weighted by atomic mass is 16.5. The summed E-state index contributed by atoms with van der Waals surface area (Å²) in [6.07, 6.45) is 0.781. The Hall–Kier alpha value is -3.35. The average molecular weight is 411 g/mol. The zero-order chi connectivity index (χ0) is 21.7. The smallest absolute Gasteiger partial charge is 0.308 e.